The maximum Gasteiger partial charge on any atom is 0.387 e. The highest BCUT2D eigenvalue weighted by atomic mass is 19.3. The van der Waals surface area contributed by atoms with Crippen LogP contribution in [0, 0.1) is 0 Å². The first-order chi connectivity index (χ1) is 10.2. The second-order valence-corrected chi connectivity index (χ2v) is 4.23. The fourth-order valence-electron chi connectivity index (χ4n) is 1.92. The van der Waals surface area contributed by atoms with Gasteiger partial charge in [-0.25, -0.2) is 9.97 Å². The lowest BCUT2D eigenvalue weighted by Gasteiger charge is -2.08. The lowest BCUT2D eigenvalue weighted by atomic mass is 10.2. The number of aromatic nitrogens is 4. The van der Waals surface area contributed by atoms with Gasteiger partial charge in [-0.1, -0.05) is 12.1 Å². The second-order valence-electron chi connectivity index (χ2n) is 4.23. The molecule has 6 nitrogen and oxygen atoms in total. The predicted molar refractivity (Wildman–Crippen MR) is 72.1 cm³/mol. The Morgan fingerprint density at radius 1 is 1.29 bits per heavy atom. The molecule has 0 saturated carbocycles. The minimum absolute atomic E-state index is 0.125. The van der Waals surface area contributed by atoms with Crippen molar-refractivity contribution in [2.24, 2.45) is 0 Å². The van der Waals surface area contributed by atoms with Crippen LogP contribution in [0.15, 0.2) is 36.8 Å². The number of aromatic amines is 1. The summed E-state index contributed by atoms with van der Waals surface area (Å²) in [4.78, 5) is 8.16. The van der Waals surface area contributed by atoms with Gasteiger partial charge in [0, 0.05) is 6.54 Å². The SMILES string of the molecule is FC(F)Oc1cccc(CNc2ncnc3[nH]ncc23)c1. The van der Waals surface area contributed by atoms with Crippen LogP contribution in [0.4, 0.5) is 14.6 Å². The van der Waals surface area contributed by atoms with Crippen LogP contribution in [0.2, 0.25) is 0 Å². The molecule has 0 bridgehead atoms. The van der Waals surface area contributed by atoms with Gasteiger partial charge in [-0.3, -0.25) is 5.10 Å². The maximum absolute atomic E-state index is 12.2. The standard InChI is InChI=1S/C13H11F2N5O/c14-13(15)21-9-3-1-2-8(4-9)5-16-11-10-6-19-20-12(10)18-7-17-11/h1-4,6-7,13H,5H2,(H2,16,17,18,19,20). The quantitative estimate of drug-likeness (QED) is 0.755. The molecule has 2 heterocycles. The highest BCUT2D eigenvalue weighted by Gasteiger charge is 2.07. The summed E-state index contributed by atoms with van der Waals surface area (Å²) in [6.45, 7) is -2.42. The van der Waals surface area contributed by atoms with E-state index in [0.29, 0.717) is 18.0 Å². The van der Waals surface area contributed by atoms with Crippen molar-refractivity contribution in [2.75, 3.05) is 5.32 Å². The number of fused-ring (bicyclic) bond motifs is 1. The van der Waals surface area contributed by atoms with Crippen LogP contribution in [0.1, 0.15) is 5.56 Å². The Morgan fingerprint density at radius 2 is 2.19 bits per heavy atom. The number of rotatable bonds is 5. The summed E-state index contributed by atoms with van der Waals surface area (Å²) in [6, 6.07) is 6.49. The van der Waals surface area contributed by atoms with E-state index in [1.54, 1.807) is 24.4 Å². The summed E-state index contributed by atoms with van der Waals surface area (Å²) in [7, 11) is 0. The summed E-state index contributed by atoms with van der Waals surface area (Å²) in [6.07, 6.45) is 3.03. The molecule has 21 heavy (non-hydrogen) atoms. The maximum atomic E-state index is 12.2. The molecule has 2 N–H and O–H groups in total. The predicted octanol–water partition coefficient (Wildman–Crippen LogP) is 2.57. The number of nitrogens with one attached hydrogen (secondary N) is 2. The van der Waals surface area contributed by atoms with Gasteiger partial charge in [0.25, 0.3) is 0 Å². The van der Waals surface area contributed by atoms with Gasteiger partial charge >= 0.3 is 6.61 Å². The fourth-order valence-corrected chi connectivity index (χ4v) is 1.92. The Kier molecular flexibility index (Phi) is 3.59. The highest BCUT2D eigenvalue weighted by Crippen LogP contribution is 2.19. The van der Waals surface area contributed by atoms with Gasteiger partial charge in [-0.15, -0.1) is 0 Å². The number of nitrogens with zero attached hydrogens (tertiary/aromatic N) is 3. The topological polar surface area (TPSA) is 75.7 Å². The van der Waals surface area contributed by atoms with Gasteiger partial charge in [0.15, 0.2) is 5.65 Å². The average molecular weight is 291 g/mol. The lowest BCUT2D eigenvalue weighted by molar-refractivity contribution is -0.0498. The van der Waals surface area contributed by atoms with Crippen LogP contribution in [-0.4, -0.2) is 26.8 Å². The van der Waals surface area contributed by atoms with Gasteiger partial charge < -0.3 is 10.1 Å². The van der Waals surface area contributed by atoms with Crippen molar-refractivity contribution in [2.45, 2.75) is 13.2 Å². The van der Waals surface area contributed by atoms with Crippen LogP contribution >= 0.6 is 0 Å². The molecular weight excluding hydrogens is 280 g/mol. The molecule has 8 heteroatoms. The Balaban J connectivity index is 1.74. The van der Waals surface area contributed by atoms with Crippen LogP contribution in [0.25, 0.3) is 11.0 Å². The second kappa shape index (κ2) is 5.70. The highest BCUT2D eigenvalue weighted by molar-refractivity contribution is 5.85. The van der Waals surface area contributed by atoms with Gasteiger partial charge in [-0.2, -0.15) is 13.9 Å². The number of ether oxygens (including phenoxy) is 1. The summed E-state index contributed by atoms with van der Waals surface area (Å²) in [5.74, 6) is 0.745. The fraction of sp³-hybridized carbons (Fsp3) is 0.154. The Labute approximate surface area is 118 Å². The van der Waals surface area contributed by atoms with Crippen LogP contribution < -0.4 is 10.1 Å². The van der Waals surface area contributed by atoms with Crippen molar-refractivity contribution >= 4 is 16.9 Å². The average Bonchev–Trinajstić information content (AvgIpc) is 2.93. The summed E-state index contributed by atoms with van der Waals surface area (Å²) < 4.78 is 28.7. The van der Waals surface area contributed by atoms with Crippen LogP contribution in [0.5, 0.6) is 5.75 Å². The lowest BCUT2D eigenvalue weighted by Crippen LogP contribution is -2.04. The molecule has 108 valence electrons. The molecule has 0 atom stereocenters. The van der Waals surface area contributed by atoms with Crippen LogP contribution in [-0.2, 0) is 6.54 Å². The molecule has 0 amide bonds. The smallest absolute Gasteiger partial charge is 0.387 e. The van der Waals surface area contributed by atoms with Crippen LogP contribution in [0.3, 0.4) is 0 Å². The van der Waals surface area contributed by atoms with Crippen molar-refractivity contribution in [3.63, 3.8) is 0 Å². The number of anilines is 1. The van der Waals surface area contributed by atoms with Gasteiger partial charge in [-0.05, 0) is 17.7 Å². The number of hydrogen-bond acceptors (Lipinski definition) is 5. The van der Waals surface area contributed by atoms with Crippen molar-refractivity contribution in [1.82, 2.24) is 20.2 Å². The molecular formula is C13H11F2N5O. The third kappa shape index (κ3) is 3.04. The van der Waals surface area contributed by atoms with E-state index >= 15 is 0 Å². The molecule has 1 aromatic carbocycles. The molecule has 3 aromatic rings. The van der Waals surface area contributed by atoms with Crippen molar-refractivity contribution in [1.29, 1.82) is 0 Å². The first-order valence-corrected chi connectivity index (χ1v) is 6.14. The number of H-pyrrole nitrogens is 1. The normalized spacial score (nSPS) is 11.0. The zero-order valence-corrected chi connectivity index (χ0v) is 10.8. The zero-order chi connectivity index (χ0) is 14.7. The van der Waals surface area contributed by atoms with Crippen molar-refractivity contribution in [3.05, 3.63) is 42.4 Å². The van der Waals surface area contributed by atoms with Crippen molar-refractivity contribution in [3.8, 4) is 5.75 Å². The summed E-state index contributed by atoms with van der Waals surface area (Å²) >= 11 is 0. The zero-order valence-electron chi connectivity index (χ0n) is 10.8. The number of benzene rings is 1. The van der Waals surface area contributed by atoms with Gasteiger partial charge in [0.05, 0.1) is 11.6 Å². The number of hydrogen-bond donors (Lipinski definition) is 2. The van der Waals surface area contributed by atoms with E-state index in [9.17, 15) is 8.78 Å². The van der Waals surface area contributed by atoms with E-state index in [4.69, 9.17) is 0 Å². The number of alkyl halides is 2. The Bertz CT molecular complexity index is 746. The molecule has 0 unspecified atom stereocenters. The largest absolute Gasteiger partial charge is 0.435 e. The molecule has 0 aliphatic carbocycles. The summed E-state index contributed by atoms with van der Waals surface area (Å²) in [5.41, 5.74) is 1.42. The van der Waals surface area contributed by atoms with E-state index in [-0.39, 0.29) is 5.75 Å². The van der Waals surface area contributed by atoms with Crippen molar-refractivity contribution < 1.29 is 13.5 Å². The third-order valence-electron chi connectivity index (χ3n) is 2.83. The summed E-state index contributed by atoms with van der Waals surface area (Å²) in [5, 5.41) is 10.5. The molecule has 0 saturated heterocycles. The monoisotopic (exact) mass is 291 g/mol. The molecule has 0 fully saturated rings. The first kappa shape index (κ1) is 13.2. The minimum atomic E-state index is -2.83. The molecule has 0 radical (unpaired) electrons. The third-order valence-corrected chi connectivity index (χ3v) is 2.83. The molecule has 3 rings (SSSR count). The first-order valence-electron chi connectivity index (χ1n) is 6.14. The van der Waals surface area contributed by atoms with Gasteiger partial charge in [0.2, 0.25) is 0 Å². The van der Waals surface area contributed by atoms with E-state index < -0.39 is 6.61 Å². The molecule has 0 spiro atoms. The Morgan fingerprint density at radius 3 is 3.05 bits per heavy atom. The number of halogens is 2. The van der Waals surface area contributed by atoms with E-state index in [0.717, 1.165) is 10.9 Å². The molecule has 0 aliphatic heterocycles. The Hall–Kier alpha value is -2.77. The molecule has 0 aliphatic rings. The van der Waals surface area contributed by atoms with Gasteiger partial charge in [0.1, 0.15) is 17.9 Å². The minimum Gasteiger partial charge on any atom is -0.435 e. The van der Waals surface area contributed by atoms with E-state index in [2.05, 4.69) is 30.2 Å². The molecule has 2 aromatic heterocycles. The van der Waals surface area contributed by atoms with E-state index in [1.165, 1.54) is 12.4 Å². The van der Waals surface area contributed by atoms with E-state index in [1.807, 2.05) is 0 Å².